The van der Waals surface area contributed by atoms with Crippen LogP contribution in [0.25, 0.3) is 0 Å². The maximum absolute atomic E-state index is 5.76. The second kappa shape index (κ2) is 16.8. The smallest absolute Gasteiger partial charge is 0.171 e. The van der Waals surface area contributed by atoms with Gasteiger partial charge in [-0.3, -0.25) is 0 Å². The molecule has 0 radical (unpaired) electrons. The zero-order chi connectivity index (χ0) is 19.0. The molecule has 0 heterocycles. The minimum Gasteiger partial charge on any atom is -0.184 e. The molecular weight excluding hydrogens is 374 g/mol. The van der Waals surface area contributed by atoms with Crippen molar-refractivity contribution in [1.29, 1.82) is 3.91 Å². The van der Waals surface area contributed by atoms with Crippen molar-refractivity contribution in [3.05, 3.63) is 77.7 Å². The molecule has 0 aliphatic heterocycles. The van der Waals surface area contributed by atoms with E-state index in [9.17, 15) is 0 Å². The molecule has 0 fully saturated rings. The molecule has 0 aliphatic carbocycles. The molecule has 0 bridgehead atoms. The molecule has 0 amide bonds. The summed E-state index contributed by atoms with van der Waals surface area (Å²) in [5.41, 5.74) is 2.64. The predicted molar refractivity (Wildman–Crippen MR) is 102 cm³/mol. The van der Waals surface area contributed by atoms with Crippen molar-refractivity contribution in [1.82, 2.24) is 0 Å². The molecule has 0 saturated carbocycles. The van der Waals surface area contributed by atoms with Gasteiger partial charge in [-0.25, -0.2) is 0 Å². The second-order valence-corrected chi connectivity index (χ2v) is 6.45. The number of rotatable bonds is 2. The van der Waals surface area contributed by atoms with Crippen LogP contribution in [0.2, 0.25) is 0 Å². The molecule has 0 atom stereocenters. The minimum absolute atomic E-state index is 0.587. The molecule has 24 heavy (non-hydrogen) atoms. The van der Waals surface area contributed by atoms with Crippen molar-refractivity contribution < 1.29 is 19.6 Å². The third-order valence-corrected chi connectivity index (χ3v) is 2.69. The van der Waals surface area contributed by atoms with Gasteiger partial charge in [0.1, 0.15) is 0 Å². The molecular formula is C22H32MoN+. The van der Waals surface area contributed by atoms with Gasteiger partial charge < -0.3 is 5.92 Å². The summed E-state index contributed by atoms with van der Waals surface area (Å²) in [5.74, 6) is 2.59. The quantitative estimate of drug-likeness (QED) is 0.405. The Morgan fingerprint density at radius 1 is 0.792 bits per heavy atom. The Labute approximate surface area is 161 Å². The molecule has 2 aromatic rings. The molecule has 0 aromatic heterocycles. The Morgan fingerprint density at radius 2 is 1.17 bits per heavy atom. The summed E-state index contributed by atoms with van der Waals surface area (Å²) in [5, 5.41) is 0. The molecule has 1 N–H and O–H groups in total. The minimum atomic E-state index is 0.587. The van der Waals surface area contributed by atoms with E-state index in [-0.39, 0.29) is 0 Å². The average Bonchev–Trinajstić information content (AvgIpc) is 2.58. The van der Waals surface area contributed by atoms with Gasteiger partial charge in [-0.15, -0.1) is 0 Å². The van der Waals surface area contributed by atoms with Gasteiger partial charge in [0.15, 0.2) is 0 Å². The molecule has 0 saturated heterocycles. The first-order valence-corrected chi connectivity index (χ1v) is 9.25. The van der Waals surface area contributed by atoms with E-state index in [2.05, 4.69) is 78.8 Å². The van der Waals surface area contributed by atoms with Gasteiger partial charge >= 0.3 is 23.5 Å². The van der Waals surface area contributed by atoms with E-state index in [1.807, 2.05) is 30.3 Å². The zero-order valence-electron chi connectivity index (χ0n) is 16.2. The maximum Gasteiger partial charge on any atom is -0.171 e. The van der Waals surface area contributed by atoms with Crippen LogP contribution in [0.15, 0.2) is 48.5 Å². The summed E-state index contributed by atoms with van der Waals surface area (Å²) in [6, 6.07) is 22.4. The van der Waals surface area contributed by atoms with Crippen molar-refractivity contribution in [3.8, 4) is 0 Å². The summed E-state index contributed by atoms with van der Waals surface area (Å²) in [6.45, 7) is 15.1. The third kappa shape index (κ3) is 15.8. The van der Waals surface area contributed by atoms with Crippen molar-refractivity contribution in [2.45, 2.75) is 60.3 Å². The molecule has 0 aliphatic rings. The van der Waals surface area contributed by atoms with Crippen molar-refractivity contribution in [3.63, 3.8) is 0 Å². The van der Waals surface area contributed by atoms with E-state index >= 15 is 0 Å². The number of benzene rings is 2. The summed E-state index contributed by atoms with van der Waals surface area (Å²) in [4.78, 5) is 0. The van der Waals surface area contributed by atoms with Gasteiger partial charge in [0, 0.05) is 0 Å². The molecule has 0 unspecified atom stereocenters. The van der Waals surface area contributed by atoms with E-state index in [0.29, 0.717) is 11.8 Å². The van der Waals surface area contributed by atoms with Crippen LogP contribution in [-0.4, -0.2) is 0 Å². The van der Waals surface area contributed by atoms with Crippen LogP contribution in [0.1, 0.15) is 71.4 Å². The van der Waals surface area contributed by atoms with E-state index in [1.54, 1.807) is 0 Å². The fourth-order valence-corrected chi connectivity index (χ4v) is 1.52. The van der Waals surface area contributed by atoms with Gasteiger partial charge in [0.25, 0.3) is 0 Å². The Kier molecular flexibility index (Phi) is 17.6. The molecule has 2 rings (SSSR count). The second-order valence-electron chi connectivity index (χ2n) is 6.45. The fraction of sp³-hybridized carbons (Fsp3) is 0.409. The van der Waals surface area contributed by atoms with E-state index in [4.69, 9.17) is 3.91 Å². The summed E-state index contributed by atoms with van der Waals surface area (Å²) in [7, 11) is 0. The Bertz CT molecular complexity index is 440. The van der Waals surface area contributed by atoms with E-state index in [0.717, 1.165) is 0 Å². The van der Waals surface area contributed by atoms with Crippen molar-refractivity contribution in [2.24, 2.45) is 0 Å². The first-order valence-electron chi connectivity index (χ1n) is 8.25. The predicted octanol–water partition coefficient (Wildman–Crippen LogP) is 7.14. The van der Waals surface area contributed by atoms with Crippen LogP contribution in [0.5, 0.6) is 0 Å². The number of nitrogens with one attached hydrogen (secondary N) is 1. The van der Waals surface area contributed by atoms with Gasteiger partial charge in [0.05, 0.1) is 0 Å². The van der Waals surface area contributed by atoms with Crippen molar-refractivity contribution in [2.75, 3.05) is 0 Å². The van der Waals surface area contributed by atoms with E-state index in [1.165, 1.54) is 36.7 Å². The number of hydrogen-bond acceptors (Lipinski definition) is 1. The van der Waals surface area contributed by atoms with Gasteiger partial charge in [-0.2, -0.15) is 92.6 Å². The fourth-order valence-electron chi connectivity index (χ4n) is 1.52. The van der Waals surface area contributed by atoms with Crippen LogP contribution < -0.4 is 0 Å². The first-order chi connectivity index (χ1) is 11.3. The van der Waals surface area contributed by atoms with Crippen LogP contribution in [0.4, 0.5) is 0 Å². The van der Waals surface area contributed by atoms with Crippen LogP contribution in [0, 0.1) is 22.0 Å². The summed E-state index contributed by atoms with van der Waals surface area (Å²) >= 11 is 1.20. The Hall–Kier alpha value is -1.07. The SMILES string of the molecule is CC(C)c1[c-]c(C(C)C)ccc1.C[C-](C)C.[NH]=[Mo+4].[c-]1ccccc1. The Balaban J connectivity index is 0. The van der Waals surface area contributed by atoms with Gasteiger partial charge in [-0.1, -0.05) is 27.7 Å². The van der Waals surface area contributed by atoms with Crippen molar-refractivity contribution >= 4 is 0 Å². The standard InChI is InChI=1S/C12H17.C6H5.C4H9.Mo.HN/c1-9(2)11-6-5-7-12(8-11)10(3)4;1-2-4-6-5-3-1;1-4(2)3;;/h5-7,9-10H,1-4H3;1-5H;1-3H3;;1H/q3*-1;+4;. The third-order valence-electron chi connectivity index (χ3n) is 2.69. The monoisotopic (exact) mass is 408 g/mol. The molecule has 2 heteroatoms. The van der Waals surface area contributed by atoms with E-state index < -0.39 is 0 Å². The molecule has 1 nitrogen and oxygen atoms in total. The van der Waals surface area contributed by atoms with Crippen LogP contribution in [-0.2, 0) is 19.6 Å². The Morgan fingerprint density at radius 3 is 1.38 bits per heavy atom. The summed E-state index contributed by atoms with van der Waals surface area (Å²) < 4.78 is 5.76. The zero-order valence-corrected chi connectivity index (χ0v) is 18.2. The maximum atomic E-state index is 5.76. The topological polar surface area (TPSA) is 23.9 Å². The molecule has 0 spiro atoms. The van der Waals surface area contributed by atoms with Gasteiger partial charge in [-0.05, 0) is 11.8 Å². The average molecular weight is 406 g/mol. The van der Waals surface area contributed by atoms with Crippen LogP contribution in [0.3, 0.4) is 0 Å². The van der Waals surface area contributed by atoms with Crippen LogP contribution >= 0.6 is 0 Å². The normalized spacial score (nSPS) is 9.33. The first kappa shape index (κ1) is 25.2. The summed E-state index contributed by atoms with van der Waals surface area (Å²) in [6.07, 6.45) is 0. The molecule has 130 valence electrons. The largest absolute Gasteiger partial charge is 0.184 e. The van der Waals surface area contributed by atoms with Gasteiger partial charge in [0.2, 0.25) is 0 Å². The molecule has 2 aromatic carbocycles. The number of hydrogen-bond donors (Lipinski definition) is 1.